The molecule has 1 saturated heterocycles. The number of hydrogen-bond donors (Lipinski definition) is 2. The zero-order valence-electron chi connectivity index (χ0n) is 10.8. The summed E-state index contributed by atoms with van der Waals surface area (Å²) in [7, 11) is 0. The number of aromatic nitrogens is 4. The number of nitrogens with one attached hydrogen (secondary N) is 2. The lowest BCUT2D eigenvalue weighted by atomic mass is 9.98. The van der Waals surface area contributed by atoms with Gasteiger partial charge in [-0.1, -0.05) is 0 Å². The van der Waals surface area contributed by atoms with Crippen LogP contribution >= 0.6 is 0 Å². The zero-order valence-corrected chi connectivity index (χ0v) is 10.8. The second-order valence-corrected chi connectivity index (χ2v) is 5.32. The van der Waals surface area contributed by atoms with E-state index in [9.17, 15) is 0 Å². The predicted octanol–water partition coefficient (Wildman–Crippen LogP) is 1.91. The first-order valence-corrected chi connectivity index (χ1v) is 6.89. The van der Waals surface area contributed by atoms with Crippen molar-refractivity contribution in [3.05, 3.63) is 24.8 Å². The Balaban J connectivity index is 1.78. The predicted molar refractivity (Wildman–Crippen MR) is 75.0 cm³/mol. The summed E-state index contributed by atoms with van der Waals surface area (Å²) in [4.78, 5) is 12.0. The summed E-state index contributed by atoms with van der Waals surface area (Å²) in [5.74, 6) is 0.751. The van der Waals surface area contributed by atoms with Gasteiger partial charge in [0.05, 0.1) is 18.0 Å². The number of hydrogen-bond acceptors (Lipinski definition) is 3. The molecule has 0 aromatic carbocycles. The van der Waals surface area contributed by atoms with Crippen LogP contribution in [-0.2, 0) is 6.54 Å². The summed E-state index contributed by atoms with van der Waals surface area (Å²) in [5, 5.41) is 4.59. The van der Waals surface area contributed by atoms with Gasteiger partial charge in [0.1, 0.15) is 11.2 Å². The number of piperidine rings is 1. The molecule has 1 aliphatic heterocycles. The second-order valence-electron chi connectivity index (χ2n) is 5.32. The molecule has 0 amide bonds. The molecule has 1 aliphatic rings. The van der Waals surface area contributed by atoms with Gasteiger partial charge in [0.15, 0.2) is 0 Å². The lowest BCUT2D eigenvalue weighted by Crippen LogP contribution is -2.29. The summed E-state index contributed by atoms with van der Waals surface area (Å²) in [6.45, 7) is 3.33. The molecule has 0 radical (unpaired) electrons. The fourth-order valence-electron chi connectivity index (χ4n) is 3.05. The van der Waals surface area contributed by atoms with E-state index in [0.717, 1.165) is 36.7 Å². The Hall–Kier alpha value is -1.88. The molecule has 4 heterocycles. The van der Waals surface area contributed by atoms with E-state index in [-0.39, 0.29) is 0 Å². The van der Waals surface area contributed by atoms with E-state index in [1.807, 2.05) is 18.7 Å². The van der Waals surface area contributed by atoms with Crippen LogP contribution in [0.5, 0.6) is 0 Å². The van der Waals surface area contributed by atoms with Gasteiger partial charge in [-0.05, 0) is 37.9 Å². The van der Waals surface area contributed by atoms with E-state index in [0.29, 0.717) is 0 Å². The molecular weight excluding hydrogens is 238 g/mol. The Morgan fingerprint density at radius 3 is 3.05 bits per heavy atom. The lowest BCUT2D eigenvalue weighted by Gasteiger charge is -2.23. The van der Waals surface area contributed by atoms with Crippen LogP contribution in [0.4, 0.5) is 0 Å². The fourth-order valence-corrected chi connectivity index (χ4v) is 3.05. The van der Waals surface area contributed by atoms with Gasteiger partial charge < -0.3 is 14.9 Å². The smallest absolute Gasteiger partial charge is 0.139 e. The Morgan fingerprint density at radius 1 is 1.26 bits per heavy atom. The van der Waals surface area contributed by atoms with Crippen molar-refractivity contribution in [3.63, 3.8) is 0 Å². The quantitative estimate of drug-likeness (QED) is 0.735. The van der Waals surface area contributed by atoms with Crippen LogP contribution in [0.3, 0.4) is 0 Å². The van der Waals surface area contributed by atoms with Gasteiger partial charge in [-0.15, -0.1) is 0 Å². The highest BCUT2D eigenvalue weighted by Crippen LogP contribution is 2.24. The van der Waals surface area contributed by atoms with Crippen LogP contribution in [0.2, 0.25) is 0 Å². The Morgan fingerprint density at radius 2 is 2.16 bits per heavy atom. The summed E-state index contributed by atoms with van der Waals surface area (Å²) in [6, 6.07) is 2.09. The molecule has 1 fully saturated rings. The molecule has 3 aromatic rings. The van der Waals surface area contributed by atoms with Gasteiger partial charge >= 0.3 is 0 Å². The van der Waals surface area contributed by atoms with E-state index in [1.165, 1.54) is 23.7 Å². The summed E-state index contributed by atoms with van der Waals surface area (Å²) in [5.41, 5.74) is 3.14. The van der Waals surface area contributed by atoms with E-state index < -0.39 is 0 Å². The number of pyridine rings is 1. The minimum Gasteiger partial charge on any atom is -0.346 e. The fraction of sp³-hybridized carbons (Fsp3) is 0.429. The number of rotatable bonds is 2. The van der Waals surface area contributed by atoms with E-state index in [4.69, 9.17) is 0 Å². The summed E-state index contributed by atoms with van der Waals surface area (Å²) in [6.07, 6.45) is 8.26. The molecule has 2 N–H and O–H groups in total. The summed E-state index contributed by atoms with van der Waals surface area (Å²) < 4.78 is 2.29. The lowest BCUT2D eigenvalue weighted by molar-refractivity contribution is 0.336. The van der Waals surface area contributed by atoms with Gasteiger partial charge in [0.25, 0.3) is 0 Å². The molecule has 0 unspecified atom stereocenters. The van der Waals surface area contributed by atoms with Crippen molar-refractivity contribution in [3.8, 4) is 0 Å². The number of aromatic amines is 1. The van der Waals surface area contributed by atoms with Crippen molar-refractivity contribution in [2.75, 3.05) is 13.1 Å². The third-order valence-corrected chi connectivity index (χ3v) is 4.08. The van der Waals surface area contributed by atoms with Gasteiger partial charge in [0, 0.05) is 18.1 Å². The number of imidazole rings is 1. The maximum atomic E-state index is 4.48. The topological polar surface area (TPSA) is 58.5 Å². The first-order valence-electron chi connectivity index (χ1n) is 6.89. The monoisotopic (exact) mass is 255 g/mol. The van der Waals surface area contributed by atoms with Crippen LogP contribution in [-0.4, -0.2) is 32.6 Å². The third kappa shape index (κ3) is 1.81. The Kier molecular flexibility index (Phi) is 2.51. The highest BCUT2D eigenvalue weighted by atomic mass is 15.1. The first-order chi connectivity index (χ1) is 9.42. The second kappa shape index (κ2) is 4.35. The molecule has 19 heavy (non-hydrogen) atoms. The van der Waals surface area contributed by atoms with Gasteiger partial charge in [-0.2, -0.15) is 0 Å². The molecule has 0 saturated carbocycles. The number of nitrogens with zero attached hydrogens (tertiary/aromatic N) is 3. The largest absolute Gasteiger partial charge is 0.346 e. The van der Waals surface area contributed by atoms with Crippen LogP contribution < -0.4 is 5.32 Å². The highest BCUT2D eigenvalue weighted by molar-refractivity contribution is 6.00. The van der Waals surface area contributed by atoms with Crippen LogP contribution in [0.15, 0.2) is 24.8 Å². The average Bonchev–Trinajstić information content (AvgIpc) is 3.06. The number of fused-ring (bicyclic) bond motifs is 3. The molecule has 0 spiro atoms. The highest BCUT2D eigenvalue weighted by Gasteiger charge is 2.16. The minimum absolute atomic E-state index is 0.751. The van der Waals surface area contributed by atoms with E-state index in [2.05, 4.69) is 30.9 Å². The van der Waals surface area contributed by atoms with Gasteiger partial charge in [-0.25, -0.2) is 9.97 Å². The van der Waals surface area contributed by atoms with E-state index in [1.54, 1.807) is 0 Å². The Labute approximate surface area is 111 Å². The maximum Gasteiger partial charge on any atom is 0.139 e. The average molecular weight is 255 g/mol. The van der Waals surface area contributed by atoms with Crippen LogP contribution in [0.1, 0.15) is 12.8 Å². The zero-order chi connectivity index (χ0) is 12.7. The molecule has 5 heteroatoms. The van der Waals surface area contributed by atoms with Crippen molar-refractivity contribution in [1.82, 2.24) is 24.8 Å². The normalized spacial score (nSPS) is 17.5. The molecule has 4 rings (SSSR count). The van der Waals surface area contributed by atoms with E-state index >= 15 is 0 Å². The van der Waals surface area contributed by atoms with Crippen LogP contribution in [0.25, 0.3) is 22.1 Å². The molecule has 0 bridgehead atoms. The third-order valence-electron chi connectivity index (χ3n) is 4.08. The van der Waals surface area contributed by atoms with Gasteiger partial charge in [0.2, 0.25) is 0 Å². The molecule has 5 nitrogen and oxygen atoms in total. The van der Waals surface area contributed by atoms with Crippen molar-refractivity contribution < 1.29 is 0 Å². The molecular formula is C14H17N5. The van der Waals surface area contributed by atoms with Crippen molar-refractivity contribution in [2.45, 2.75) is 19.4 Å². The van der Waals surface area contributed by atoms with Crippen molar-refractivity contribution in [1.29, 1.82) is 0 Å². The summed E-state index contributed by atoms with van der Waals surface area (Å²) >= 11 is 0. The van der Waals surface area contributed by atoms with Crippen LogP contribution in [0, 0.1) is 5.92 Å². The van der Waals surface area contributed by atoms with Gasteiger partial charge in [-0.3, -0.25) is 0 Å². The maximum absolute atomic E-state index is 4.48. The minimum atomic E-state index is 0.751. The SMILES string of the molecule is c1cc2c(ncc3ncn(CC4CCNCC4)c32)[nH]1. The molecule has 0 aliphatic carbocycles. The number of H-pyrrole nitrogens is 1. The van der Waals surface area contributed by atoms with Crippen molar-refractivity contribution >= 4 is 22.1 Å². The Bertz CT molecular complexity index is 705. The first kappa shape index (κ1) is 11.0. The molecule has 3 aromatic heterocycles. The van der Waals surface area contributed by atoms with Crippen molar-refractivity contribution in [2.24, 2.45) is 5.92 Å². The standard InChI is InChI=1S/C14H17N5/c1-4-15-5-2-10(1)8-19-9-18-12-7-17-14-11(13(12)19)3-6-16-14/h3,6-7,9-10,15H,1-2,4-5,8H2,(H,16,17). The molecule has 98 valence electrons. The molecule has 0 atom stereocenters.